The van der Waals surface area contributed by atoms with E-state index in [4.69, 9.17) is 16.3 Å². The third-order valence-electron chi connectivity index (χ3n) is 2.42. The Morgan fingerprint density at radius 2 is 2.31 bits per heavy atom. The van der Waals surface area contributed by atoms with E-state index in [1.165, 1.54) is 0 Å². The smallest absolute Gasteiger partial charge is 0.224 e. The molecule has 1 heterocycles. The molecule has 1 aliphatic heterocycles. The fraction of sp³-hybridized carbons (Fsp3) is 0.364. The van der Waals surface area contributed by atoms with Crippen molar-refractivity contribution in [3.05, 3.63) is 22.7 Å². The van der Waals surface area contributed by atoms with Crippen molar-refractivity contribution >= 4 is 35.0 Å². The second-order valence-corrected chi connectivity index (χ2v) is 4.72. The summed E-state index contributed by atoms with van der Waals surface area (Å²) in [6, 6.07) is 3.61. The second-order valence-electron chi connectivity index (χ2n) is 3.50. The van der Waals surface area contributed by atoms with E-state index >= 15 is 0 Å². The number of carbonyl (C=O) groups is 1. The zero-order valence-corrected chi connectivity index (χ0v) is 10.5. The Bertz CT molecular complexity index is 423. The lowest BCUT2D eigenvalue weighted by atomic mass is 10.0. The number of fused-ring (bicyclic) bond motifs is 1. The van der Waals surface area contributed by atoms with Gasteiger partial charge in [-0.1, -0.05) is 11.6 Å². The number of hydrogen-bond acceptors (Lipinski definition) is 3. The minimum atomic E-state index is 0.0106. The molecule has 1 N–H and O–H groups in total. The molecule has 2 rings (SSSR count). The summed E-state index contributed by atoms with van der Waals surface area (Å²) in [5, 5.41) is 3.36. The van der Waals surface area contributed by atoms with Gasteiger partial charge in [-0.25, -0.2) is 0 Å². The van der Waals surface area contributed by atoms with Crippen LogP contribution in [0.4, 0.5) is 5.69 Å². The van der Waals surface area contributed by atoms with Crippen molar-refractivity contribution in [3.8, 4) is 5.75 Å². The molecule has 1 aliphatic rings. The van der Waals surface area contributed by atoms with Crippen molar-refractivity contribution in [1.82, 2.24) is 0 Å². The number of benzene rings is 1. The van der Waals surface area contributed by atoms with Crippen molar-refractivity contribution in [1.29, 1.82) is 0 Å². The molecule has 0 bridgehead atoms. The number of carbonyl (C=O) groups excluding carboxylic acids is 1. The molecule has 0 radical (unpaired) electrons. The lowest BCUT2D eigenvalue weighted by Gasteiger charge is -2.21. The van der Waals surface area contributed by atoms with Crippen molar-refractivity contribution in [2.75, 3.05) is 17.5 Å². The SMILES string of the molecule is CSCOc1ccc(Cl)c2c1CCC(=O)N2. The molecule has 0 aliphatic carbocycles. The quantitative estimate of drug-likeness (QED) is 0.847. The van der Waals surface area contributed by atoms with Crippen molar-refractivity contribution in [3.63, 3.8) is 0 Å². The van der Waals surface area contributed by atoms with Gasteiger partial charge in [0.05, 0.1) is 10.7 Å². The maximum Gasteiger partial charge on any atom is 0.224 e. The Balaban J connectivity index is 2.34. The molecule has 0 saturated carbocycles. The molecule has 0 unspecified atom stereocenters. The molecule has 86 valence electrons. The minimum Gasteiger partial charge on any atom is -0.483 e. The zero-order chi connectivity index (χ0) is 11.5. The first-order valence-corrected chi connectivity index (χ1v) is 6.72. The van der Waals surface area contributed by atoms with Gasteiger partial charge in [0.2, 0.25) is 5.91 Å². The molecule has 0 atom stereocenters. The summed E-state index contributed by atoms with van der Waals surface area (Å²) in [5.41, 5.74) is 1.71. The van der Waals surface area contributed by atoms with E-state index in [2.05, 4.69) is 5.32 Å². The van der Waals surface area contributed by atoms with Crippen molar-refractivity contribution < 1.29 is 9.53 Å². The van der Waals surface area contributed by atoms with Crippen LogP contribution in [0.25, 0.3) is 0 Å². The van der Waals surface area contributed by atoms with Crippen LogP contribution in [0.3, 0.4) is 0 Å². The van der Waals surface area contributed by atoms with Gasteiger partial charge in [-0.15, -0.1) is 11.8 Å². The van der Waals surface area contributed by atoms with Gasteiger partial charge in [0.1, 0.15) is 11.7 Å². The second kappa shape index (κ2) is 4.97. The maximum absolute atomic E-state index is 11.3. The number of halogens is 1. The fourth-order valence-electron chi connectivity index (χ4n) is 1.68. The first-order valence-electron chi connectivity index (χ1n) is 4.95. The third-order valence-corrected chi connectivity index (χ3v) is 3.09. The van der Waals surface area contributed by atoms with Crippen molar-refractivity contribution in [2.24, 2.45) is 0 Å². The summed E-state index contributed by atoms with van der Waals surface area (Å²) in [4.78, 5) is 11.3. The van der Waals surface area contributed by atoms with Crippen LogP contribution in [-0.4, -0.2) is 18.1 Å². The summed E-state index contributed by atoms with van der Waals surface area (Å²) in [7, 11) is 0. The van der Waals surface area contributed by atoms with Gasteiger partial charge in [0.15, 0.2) is 0 Å². The van der Waals surface area contributed by atoms with Crippen LogP contribution < -0.4 is 10.1 Å². The molecule has 5 heteroatoms. The molecule has 1 aromatic rings. The highest BCUT2D eigenvalue weighted by molar-refractivity contribution is 7.98. The van der Waals surface area contributed by atoms with Crippen LogP contribution in [0.5, 0.6) is 5.75 Å². The predicted octanol–water partition coefficient (Wildman–Crippen LogP) is 2.92. The first-order chi connectivity index (χ1) is 7.72. The Hall–Kier alpha value is -0.870. The van der Waals surface area contributed by atoms with Gasteiger partial charge >= 0.3 is 0 Å². The van der Waals surface area contributed by atoms with Gasteiger partial charge in [-0.3, -0.25) is 4.79 Å². The molecule has 0 aromatic heterocycles. The Morgan fingerprint density at radius 3 is 3.06 bits per heavy atom. The van der Waals surface area contributed by atoms with Gasteiger partial charge in [-0.2, -0.15) is 0 Å². The summed E-state index contributed by atoms with van der Waals surface area (Å²) in [5.74, 6) is 1.42. The van der Waals surface area contributed by atoms with Crippen LogP contribution in [0.2, 0.25) is 5.02 Å². The van der Waals surface area contributed by atoms with Crippen LogP contribution in [0.15, 0.2) is 12.1 Å². The number of hydrogen-bond donors (Lipinski definition) is 1. The highest BCUT2D eigenvalue weighted by Crippen LogP contribution is 2.37. The topological polar surface area (TPSA) is 38.3 Å². The molecule has 0 spiro atoms. The largest absolute Gasteiger partial charge is 0.483 e. The summed E-state index contributed by atoms with van der Waals surface area (Å²) in [6.45, 7) is 0. The van der Waals surface area contributed by atoms with E-state index in [1.54, 1.807) is 17.8 Å². The molecule has 16 heavy (non-hydrogen) atoms. The van der Waals surface area contributed by atoms with E-state index < -0.39 is 0 Å². The van der Waals surface area contributed by atoms with Crippen LogP contribution in [0, 0.1) is 0 Å². The van der Waals surface area contributed by atoms with Gasteiger partial charge in [0.25, 0.3) is 0 Å². The third kappa shape index (κ3) is 2.28. The Kier molecular flexibility index (Phi) is 3.61. The molecule has 1 amide bonds. The minimum absolute atomic E-state index is 0.0106. The summed E-state index contributed by atoms with van der Waals surface area (Å²) in [6.07, 6.45) is 3.15. The lowest BCUT2D eigenvalue weighted by Crippen LogP contribution is -2.20. The molecular weight excluding hydrogens is 246 g/mol. The summed E-state index contributed by atoms with van der Waals surface area (Å²) >= 11 is 7.65. The zero-order valence-electron chi connectivity index (χ0n) is 8.88. The molecule has 0 saturated heterocycles. The van der Waals surface area contributed by atoms with Gasteiger partial charge in [0, 0.05) is 12.0 Å². The van der Waals surface area contributed by atoms with E-state index in [0.717, 1.165) is 11.3 Å². The van der Waals surface area contributed by atoms with E-state index in [1.807, 2.05) is 12.3 Å². The van der Waals surface area contributed by atoms with Crippen LogP contribution in [-0.2, 0) is 11.2 Å². The standard InChI is InChI=1S/C11H12ClNO2S/c1-16-6-15-9-4-3-8(12)11-7(9)2-5-10(14)13-11/h3-4H,2,5-6H2,1H3,(H,13,14). The number of nitrogens with one attached hydrogen (secondary N) is 1. The Morgan fingerprint density at radius 1 is 1.50 bits per heavy atom. The number of ether oxygens (including phenoxy) is 1. The van der Waals surface area contributed by atoms with E-state index in [9.17, 15) is 4.79 Å². The van der Waals surface area contributed by atoms with Crippen molar-refractivity contribution in [2.45, 2.75) is 12.8 Å². The number of rotatable bonds is 3. The summed E-state index contributed by atoms with van der Waals surface area (Å²) < 4.78 is 5.60. The fourth-order valence-corrected chi connectivity index (χ4v) is 2.15. The average molecular weight is 258 g/mol. The van der Waals surface area contributed by atoms with E-state index in [-0.39, 0.29) is 5.91 Å². The molecule has 0 fully saturated rings. The van der Waals surface area contributed by atoms with Crippen LogP contribution in [0.1, 0.15) is 12.0 Å². The normalized spacial score (nSPS) is 14.2. The first kappa shape index (κ1) is 11.6. The van der Waals surface area contributed by atoms with Crippen LogP contribution >= 0.6 is 23.4 Å². The molecular formula is C11H12ClNO2S. The molecule has 3 nitrogen and oxygen atoms in total. The van der Waals surface area contributed by atoms with Gasteiger partial charge in [-0.05, 0) is 24.8 Å². The van der Waals surface area contributed by atoms with Gasteiger partial charge < -0.3 is 10.1 Å². The lowest BCUT2D eigenvalue weighted by molar-refractivity contribution is -0.116. The predicted molar refractivity (Wildman–Crippen MR) is 67.4 cm³/mol. The monoisotopic (exact) mass is 257 g/mol. The number of thioether (sulfide) groups is 1. The highest BCUT2D eigenvalue weighted by atomic mass is 35.5. The number of anilines is 1. The highest BCUT2D eigenvalue weighted by Gasteiger charge is 2.21. The number of amides is 1. The van der Waals surface area contributed by atoms with E-state index in [0.29, 0.717) is 29.5 Å². The molecule has 1 aromatic carbocycles. The Labute approximate surface area is 104 Å². The average Bonchev–Trinajstić information content (AvgIpc) is 2.29. The maximum atomic E-state index is 11.3.